The van der Waals surface area contributed by atoms with Crippen molar-refractivity contribution in [2.24, 2.45) is 17.1 Å². The Hall–Kier alpha value is -0.120. The SMILES string of the molecule is CC(CO)CN1CCC(C)(CN)CC1. The zero-order chi connectivity index (χ0) is 10.6. The minimum absolute atomic E-state index is 0.296. The Morgan fingerprint density at radius 2 is 2.00 bits per heavy atom. The monoisotopic (exact) mass is 200 g/mol. The number of nitrogens with two attached hydrogens (primary N) is 1. The Balaban J connectivity index is 2.29. The standard InChI is InChI=1S/C11H24N2O/c1-10(8-14)7-13-5-3-11(2,9-12)4-6-13/h10,14H,3-9,12H2,1-2H3. The van der Waals surface area contributed by atoms with Gasteiger partial charge in [-0.15, -0.1) is 0 Å². The van der Waals surface area contributed by atoms with Crippen LogP contribution in [-0.4, -0.2) is 42.8 Å². The van der Waals surface area contributed by atoms with Gasteiger partial charge in [-0.05, 0) is 43.8 Å². The minimum atomic E-state index is 0.296. The van der Waals surface area contributed by atoms with Crippen molar-refractivity contribution in [3.8, 4) is 0 Å². The van der Waals surface area contributed by atoms with Crippen LogP contribution >= 0.6 is 0 Å². The van der Waals surface area contributed by atoms with Crippen LogP contribution in [0.3, 0.4) is 0 Å². The first-order valence-corrected chi connectivity index (χ1v) is 5.63. The molecule has 0 aromatic carbocycles. The van der Waals surface area contributed by atoms with Crippen molar-refractivity contribution in [1.82, 2.24) is 4.90 Å². The summed E-state index contributed by atoms with van der Waals surface area (Å²) in [6, 6.07) is 0. The van der Waals surface area contributed by atoms with Gasteiger partial charge in [-0.1, -0.05) is 13.8 Å². The maximum Gasteiger partial charge on any atom is 0.0468 e. The molecule has 0 amide bonds. The summed E-state index contributed by atoms with van der Waals surface area (Å²) in [5.74, 6) is 0.400. The predicted molar refractivity (Wildman–Crippen MR) is 59.1 cm³/mol. The van der Waals surface area contributed by atoms with Crippen LogP contribution in [0.4, 0.5) is 0 Å². The summed E-state index contributed by atoms with van der Waals surface area (Å²) in [7, 11) is 0. The van der Waals surface area contributed by atoms with Gasteiger partial charge in [0.15, 0.2) is 0 Å². The fourth-order valence-corrected chi connectivity index (χ4v) is 1.98. The van der Waals surface area contributed by atoms with E-state index in [1.54, 1.807) is 0 Å². The first kappa shape index (κ1) is 12.0. The molecule has 0 spiro atoms. The molecule has 0 aliphatic carbocycles. The third-order valence-corrected chi connectivity index (χ3v) is 3.44. The molecule has 3 nitrogen and oxygen atoms in total. The molecule has 1 atom stereocenters. The number of piperidine rings is 1. The summed E-state index contributed by atoms with van der Waals surface area (Å²) < 4.78 is 0. The normalized spacial score (nSPS) is 24.9. The molecule has 1 unspecified atom stereocenters. The van der Waals surface area contributed by atoms with E-state index in [0.717, 1.165) is 26.2 Å². The van der Waals surface area contributed by atoms with Crippen LogP contribution in [-0.2, 0) is 0 Å². The van der Waals surface area contributed by atoms with E-state index in [-0.39, 0.29) is 0 Å². The van der Waals surface area contributed by atoms with Gasteiger partial charge >= 0.3 is 0 Å². The number of aliphatic hydroxyl groups is 1. The smallest absolute Gasteiger partial charge is 0.0468 e. The van der Waals surface area contributed by atoms with E-state index in [1.807, 2.05) is 0 Å². The minimum Gasteiger partial charge on any atom is -0.396 e. The molecular formula is C11H24N2O. The maximum atomic E-state index is 8.97. The molecule has 3 heteroatoms. The van der Waals surface area contributed by atoms with Gasteiger partial charge in [0.25, 0.3) is 0 Å². The molecule has 1 aliphatic rings. The summed E-state index contributed by atoms with van der Waals surface area (Å²) in [4.78, 5) is 2.44. The van der Waals surface area contributed by atoms with Gasteiger partial charge in [0.2, 0.25) is 0 Å². The van der Waals surface area contributed by atoms with Gasteiger partial charge in [0.05, 0.1) is 0 Å². The molecule has 14 heavy (non-hydrogen) atoms. The Labute approximate surface area is 87.3 Å². The number of hydrogen-bond acceptors (Lipinski definition) is 3. The number of nitrogens with zero attached hydrogens (tertiary/aromatic N) is 1. The fourth-order valence-electron chi connectivity index (χ4n) is 1.98. The second-order valence-electron chi connectivity index (χ2n) is 5.10. The number of hydrogen-bond donors (Lipinski definition) is 2. The largest absolute Gasteiger partial charge is 0.396 e. The molecule has 1 aliphatic heterocycles. The lowest BCUT2D eigenvalue weighted by Crippen LogP contribution is -2.43. The number of aliphatic hydroxyl groups excluding tert-OH is 1. The van der Waals surface area contributed by atoms with Gasteiger partial charge in [-0.25, -0.2) is 0 Å². The highest BCUT2D eigenvalue weighted by Crippen LogP contribution is 2.29. The molecule has 0 bridgehead atoms. The lowest BCUT2D eigenvalue weighted by atomic mass is 9.80. The van der Waals surface area contributed by atoms with Gasteiger partial charge < -0.3 is 15.7 Å². The van der Waals surface area contributed by atoms with E-state index in [2.05, 4.69) is 18.7 Å². The number of likely N-dealkylation sites (tertiary alicyclic amines) is 1. The van der Waals surface area contributed by atoms with Gasteiger partial charge in [-0.2, -0.15) is 0 Å². The third-order valence-electron chi connectivity index (χ3n) is 3.44. The van der Waals surface area contributed by atoms with Crippen molar-refractivity contribution >= 4 is 0 Å². The molecule has 1 fully saturated rings. The Kier molecular flexibility index (Phi) is 4.35. The summed E-state index contributed by atoms with van der Waals surface area (Å²) >= 11 is 0. The van der Waals surface area contributed by atoms with Crippen molar-refractivity contribution in [2.75, 3.05) is 32.8 Å². The van der Waals surface area contributed by atoms with Crippen LogP contribution in [0.15, 0.2) is 0 Å². The van der Waals surface area contributed by atoms with Crippen molar-refractivity contribution in [3.05, 3.63) is 0 Å². The molecule has 1 rings (SSSR count). The van der Waals surface area contributed by atoms with E-state index in [9.17, 15) is 0 Å². The summed E-state index contributed by atoms with van der Waals surface area (Å²) in [5.41, 5.74) is 6.11. The van der Waals surface area contributed by atoms with E-state index in [4.69, 9.17) is 10.8 Å². The molecule has 0 aromatic heterocycles. The Morgan fingerprint density at radius 3 is 2.43 bits per heavy atom. The van der Waals surface area contributed by atoms with Crippen molar-refractivity contribution in [3.63, 3.8) is 0 Å². The van der Waals surface area contributed by atoms with Crippen molar-refractivity contribution < 1.29 is 5.11 Å². The van der Waals surface area contributed by atoms with Crippen LogP contribution in [0, 0.1) is 11.3 Å². The lowest BCUT2D eigenvalue weighted by Gasteiger charge is -2.39. The van der Waals surface area contributed by atoms with Crippen LogP contribution in [0.1, 0.15) is 26.7 Å². The quantitative estimate of drug-likeness (QED) is 0.701. The van der Waals surface area contributed by atoms with Crippen molar-refractivity contribution in [1.29, 1.82) is 0 Å². The zero-order valence-electron chi connectivity index (χ0n) is 9.50. The summed E-state index contributed by atoms with van der Waals surface area (Å²) in [5, 5.41) is 8.97. The third kappa shape index (κ3) is 3.23. The molecule has 0 radical (unpaired) electrons. The highest BCUT2D eigenvalue weighted by Gasteiger charge is 2.28. The topological polar surface area (TPSA) is 49.5 Å². The maximum absolute atomic E-state index is 8.97. The summed E-state index contributed by atoms with van der Waals surface area (Å²) in [6.07, 6.45) is 2.39. The molecule has 3 N–H and O–H groups in total. The second-order valence-corrected chi connectivity index (χ2v) is 5.10. The first-order chi connectivity index (χ1) is 6.59. The summed E-state index contributed by atoms with van der Waals surface area (Å²) in [6.45, 7) is 8.77. The molecule has 0 aromatic rings. The van der Waals surface area contributed by atoms with E-state index < -0.39 is 0 Å². The van der Waals surface area contributed by atoms with E-state index in [0.29, 0.717) is 17.9 Å². The predicted octanol–water partition coefficient (Wildman–Crippen LogP) is 0.676. The molecule has 1 heterocycles. The molecular weight excluding hydrogens is 176 g/mol. The van der Waals surface area contributed by atoms with E-state index >= 15 is 0 Å². The fraction of sp³-hybridized carbons (Fsp3) is 1.00. The van der Waals surface area contributed by atoms with Crippen LogP contribution < -0.4 is 5.73 Å². The van der Waals surface area contributed by atoms with Gasteiger partial charge in [-0.3, -0.25) is 0 Å². The number of rotatable bonds is 4. The Morgan fingerprint density at radius 1 is 1.43 bits per heavy atom. The highest BCUT2D eigenvalue weighted by molar-refractivity contribution is 4.83. The Bertz CT molecular complexity index is 165. The van der Waals surface area contributed by atoms with E-state index in [1.165, 1.54) is 12.8 Å². The van der Waals surface area contributed by atoms with Crippen LogP contribution in [0.25, 0.3) is 0 Å². The molecule has 84 valence electrons. The van der Waals surface area contributed by atoms with Gasteiger partial charge in [0, 0.05) is 13.2 Å². The highest BCUT2D eigenvalue weighted by atomic mass is 16.3. The molecule has 1 saturated heterocycles. The first-order valence-electron chi connectivity index (χ1n) is 5.63. The second kappa shape index (κ2) is 5.10. The lowest BCUT2D eigenvalue weighted by molar-refractivity contribution is 0.0982. The zero-order valence-corrected chi connectivity index (χ0v) is 9.50. The average molecular weight is 200 g/mol. The average Bonchev–Trinajstić information content (AvgIpc) is 2.21. The van der Waals surface area contributed by atoms with Gasteiger partial charge in [0.1, 0.15) is 0 Å². The molecule has 0 saturated carbocycles. The van der Waals surface area contributed by atoms with Crippen LogP contribution in [0.5, 0.6) is 0 Å². The van der Waals surface area contributed by atoms with Crippen molar-refractivity contribution in [2.45, 2.75) is 26.7 Å². The van der Waals surface area contributed by atoms with Crippen LogP contribution in [0.2, 0.25) is 0 Å².